The van der Waals surface area contributed by atoms with Crippen LogP contribution in [-0.2, 0) is 0 Å². The highest BCUT2D eigenvalue weighted by Gasteiger charge is 2.26. The zero-order valence-electron chi connectivity index (χ0n) is 12.9. The molecule has 4 nitrogen and oxygen atoms in total. The average molecular weight is 438 g/mol. The molecule has 3 rings (SSSR count). The van der Waals surface area contributed by atoms with Gasteiger partial charge in [0.15, 0.2) is 0 Å². The molecule has 0 spiro atoms. The van der Waals surface area contributed by atoms with Crippen LogP contribution in [-0.4, -0.2) is 47.8 Å². The number of nitrogens with zero attached hydrogens (tertiary/aromatic N) is 2. The van der Waals surface area contributed by atoms with E-state index in [9.17, 15) is 14.0 Å². The average Bonchev–Trinajstić information content (AvgIpc) is 2.62. The highest BCUT2D eigenvalue weighted by Crippen LogP contribution is 2.16. The van der Waals surface area contributed by atoms with Crippen molar-refractivity contribution in [2.24, 2.45) is 0 Å². The van der Waals surface area contributed by atoms with E-state index in [-0.39, 0.29) is 17.6 Å². The fourth-order valence-corrected chi connectivity index (χ4v) is 3.31. The lowest BCUT2D eigenvalue weighted by Gasteiger charge is -2.35. The van der Waals surface area contributed by atoms with Crippen molar-refractivity contribution in [3.8, 4) is 0 Å². The first-order chi connectivity index (χ1) is 11.6. The molecule has 124 valence electrons. The summed E-state index contributed by atoms with van der Waals surface area (Å²) in [5.41, 5.74) is 1.16. The Balaban J connectivity index is 1.63. The van der Waals surface area contributed by atoms with E-state index in [1.165, 1.54) is 24.3 Å². The zero-order valence-corrected chi connectivity index (χ0v) is 15.1. The van der Waals surface area contributed by atoms with Gasteiger partial charge in [-0.15, -0.1) is 0 Å². The van der Waals surface area contributed by atoms with Gasteiger partial charge in [0.05, 0.1) is 5.56 Å². The van der Waals surface area contributed by atoms with Gasteiger partial charge < -0.3 is 9.80 Å². The molecule has 2 aromatic rings. The first kappa shape index (κ1) is 16.9. The topological polar surface area (TPSA) is 40.6 Å². The molecule has 2 amide bonds. The minimum atomic E-state index is -0.362. The maximum Gasteiger partial charge on any atom is 0.255 e. The van der Waals surface area contributed by atoms with Crippen molar-refractivity contribution in [2.75, 3.05) is 26.2 Å². The molecule has 1 fully saturated rings. The van der Waals surface area contributed by atoms with Crippen LogP contribution in [0.15, 0.2) is 48.5 Å². The fourth-order valence-electron chi connectivity index (χ4n) is 2.69. The van der Waals surface area contributed by atoms with Gasteiger partial charge in [-0.3, -0.25) is 9.59 Å². The van der Waals surface area contributed by atoms with Crippen LogP contribution in [0, 0.1) is 9.39 Å². The number of hydrogen-bond acceptors (Lipinski definition) is 2. The van der Waals surface area contributed by atoms with E-state index in [2.05, 4.69) is 22.6 Å². The highest BCUT2D eigenvalue weighted by molar-refractivity contribution is 14.1. The normalized spacial score (nSPS) is 14.6. The Morgan fingerprint density at radius 1 is 0.833 bits per heavy atom. The van der Waals surface area contributed by atoms with Crippen LogP contribution in [0.1, 0.15) is 20.7 Å². The first-order valence-electron chi connectivity index (χ1n) is 7.65. The zero-order chi connectivity index (χ0) is 17.1. The van der Waals surface area contributed by atoms with Crippen molar-refractivity contribution >= 4 is 34.4 Å². The van der Waals surface area contributed by atoms with Crippen molar-refractivity contribution in [1.29, 1.82) is 0 Å². The summed E-state index contributed by atoms with van der Waals surface area (Å²) in [6.07, 6.45) is 0. The standard InChI is InChI=1S/C18H16FIN2O2/c19-14-7-5-13(6-8-14)17(23)21-9-11-22(12-10-21)18(24)15-3-1-2-4-16(15)20/h1-8H,9-12H2. The van der Waals surface area contributed by atoms with Crippen molar-refractivity contribution < 1.29 is 14.0 Å². The van der Waals surface area contributed by atoms with Crippen LogP contribution in [0.4, 0.5) is 4.39 Å². The Kier molecular flexibility index (Phi) is 5.13. The van der Waals surface area contributed by atoms with Crippen LogP contribution in [0.3, 0.4) is 0 Å². The minimum absolute atomic E-state index is 0.00567. The van der Waals surface area contributed by atoms with Gasteiger partial charge >= 0.3 is 0 Å². The number of carbonyl (C=O) groups is 2. The van der Waals surface area contributed by atoms with E-state index in [4.69, 9.17) is 0 Å². The third kappa shape index (κ3) is 3.58. The number of benzene rings is 2. The van der Waals surface area contributed by atoms with Gasteiger partial charge in [-0.1, -0.05) is 12.1 Å². The predicted octanol–water partition coefficient (Wildman–Crippen LogP) is 3.03. The molecule has 2 aromatic carbocycles. The van der Waals surface area contributed by atoms with Gasteiger partial charge in [0, 0.05) is 35.3 Å². The summed E-state index contributed by atoms with van der Waals surface area (Å²) < 4.78 is 13.9. The van der Waals surface area contributed by atoms with Gasteiger partial charge in [0.25, 0.3) is 11.8 Å². The molecular formula is C18H16FIN2O2. The number of amides is 2. The summed E-state index contributed by atoms with van der Waals surface area (Å²) in [6, 6.07) is 13.0. The van der Waals surface area contributed by atoms with Crippen LogP contribution in [0.25, 0.3) is 0 Å². The van der Waals surface area contributed by atoms with E-state index >= 15 is 0 Å². The van der Waals surface area contributed by atoms with Gasteiger partial charge in [-0.2, -0.15) is 0 Å². The monoisotopic (exact) mass is 438 g/mol. The number of halogens is 2. The maximum atomic E-state index is 13.0. The maximum absolute atomic E-state index is 13.0. The van der Waals surface area contributed by atoms with E-state index < -0.39 is 0 Å². The van der Waals surface area contributed by atoms with Gasteiger partial charge in [0.2, 0.25) is 0 Å². The summed E-state index contributed by atoms with van der Waals surface area (Å²) in [7, 11) is 0. The molecule has 1 aliphatic rings. The molecule has 0 unspecified atom stereocenters. The molecule has 0 radical (unpaired) electrons. The number of carbonyl (C=O) groups excluding carboxylic acids is 2. The molecule has 1 aliphatic heterocycles. The molecule has 24 heavy (non-hydrogen) atoms. The molecule has 0 N–H and O–H groups in total. The first-order valence-corrected chi connectivity index (χ1v) is 8.73. The van der Waals surface area contributed by atoms with Crippen molar-refractivity contribution in [1.82, 2.24) is 9.80 Å². The molecule has 1 heterocycles. The third-order valence-corrected chi connectivity index (χ3v) is 4.99. The van der Waals surface area contributed by atoms with E-state index in [0.29, 0.717) is 37.3 Å². The summed E-state index contributed by atoms with van der Waals surface area (Å²) in [5, 5.41) is 0. The third-order valence-electron chi connectivity index (χ3n) is 4.05. The number of hydrogen-bond donors (Lipinski definition) is 0. The Morgan fingerprint density at radius 3 is 1.96 bits per heavy atom. The molecule has 6 heteroatoms. The van der Waals surface area contributed by atoms with E-state index in [1.807, 2.05) is 24.3 Å². The lowest BCUT2D eigenvalue weighted by molar-refractivity contribution is 0.0535. The Bertz CT molecular complexity index is 756. The lowest BCUT2D eigenvalue weighted by Crippen LogP contribution is -2.50. The lowest BCUT2D eigenvalue weighted by atomic mass is 10.1. The summed E-state index contributed by atoms with van der Waals surface area (Å²) in [4.78, 5) is 28.5. The molecule has 1 saturated heterocycles. The molecular weight excluding hydrogens is 422 g/mol. The minimum Gasteiger partial charge on any atom is -0.335 e. The van der Waals surface area contributed by atoms with Crippen molar-refractivity contribution in [2.45, 2.75) is 0 Å². The molecule has 0 atom stereocenters. The second-order valence-corrected chi connectivity index (χ2v) is 6.73. The Labute approximate surface area is 153 Å². The van der Waals surface area contributed by atoms with Crippen LogP contribution in [0.2, 0.25) is 0 Å². The molecule has 0 aliphatic carbocycles. The number of piperazine rings is 1. The summed E-state index contributed by atoms with van der Waals surface area (Å²) >= 11 is 2.15. The van der Waals surface area contributed by atoms with Gasteiger partial charge in [-0.25, -0.2) is 4.39 Å². The second-order valence-electron chi connectivity index (χ2n) is 5.57. The second kappa shape index (κ2) is 7.29. The van der Waals surface area contributed by atoms with E-state index in [0.717, 1.165) is 3.57 Å². The number of rotatable bonds is 2. The van der Waals surface area contributed by atoms with Crippen LogP contribution < -0.4 is 0 Å². The summed E-state index contributed by atoms with van der Waals surface area (Å²) in [5.74, 6) is -0.496. The molecule has 0 aromatic heterocycles. The smallest absolute Gasteiger partial charge is 0.255 e. The van der Waals surface area contributed by atoms with Crippen molar-refractivity contribution in [3.63, 3.8) is 0 Å². The van der Waals surface area contributed by atoms with Crippen LogP contribution >= 0.6 is 22.6 Å². The molecule has 0 saturated carbocycles. The van der Waals surface area contributed by atoms with Gasteiger partial charge in [0.1, 0.15) is 5.82 Å². The predicted molar refractivity (Wildman–Crippen MR) is 97.4 cm³/mol. The largest absolute Gasteiger partial charge is 0.335 e. The molecule has 0 bridgehead atoms. The van der Waals surface area contributed by atoms with Crippen LogP contribution in [0.5, 0.6) is 0 Å². The highest BCUT2D eigenvalue weighted by atomic mass is 127. The SMILES string of the molecule is O=C(c1ccc(F)cc1)N1CCN(C(=O)c2ccccc2I)CC1. The van der Waals surface area contributed by atoms with E-state index in [1.54, 1.807) is 9.80 Å². The quantitative estimate of drug-likeness (QED) is 0.677. The Hall–Kier alpha value is -1.96. The summed E-state index contributed by atoms with van der Waals surface area (Å²) in [6.45, 7) is 1.95. The fraction of sp³-hybridized carbons (Fsp3) is 0.222. The van der Waals surface area contributed by atoms with Crippen molar-refractivity contribution in [3.05, 3.63) is 69.0 Å². The Morgan fingerprint density at radius 2 is 1.38 bits per heavy atom. The van der Waals surface area contributed by atoms with Gasteiger partial charge in [-0.05, 0) is 59.0 Å².